The first-order valence-corrected chi connectivity index (χ1v) is 10.2. The van der Waals surface area contributed by atoms with E-state index in [-0.39, 0.29) is 30.1 Å². The molecule has 0 saturated carbocycles. The fourth-order valence-corrected chi connectivity index (χ4v) is 3.94. The first-order chi connectivity index (χ1) is 14.8. The Balaban J connectivity index is 1.87. The lowest BCUT2D eigenvalue weighted by atomic mass is 10.1. The van der Waals surface area contributed by atoms with Crippen LogP contribution in [0.15, 0.2) is 59.5 Å². The van der Waals surface area contributed by atoms with Crippen LogP contribution >= 0.6 is 11.8 Å². The summed E-state index contributed by atoms with van der Waals surface area (Å²) in [6.45, 7) is 1.76. The number of nitrogens with zero attached hydrogens (tertiary/aromatic N) is 2. The van der Waals surface area contributed by atoms with Gasteiger partial charge in [-0.3, -0.25) is 9.59 Å². The van der Waals surface area contributed by atoms with Gasteiger partial charge in [0.2, 0.25) is 5.91 Å². The predicted molar refractivity (Wildman–Crippen MR) is 115 cm³/mol. The van der Waals surface area contributed by atoms with Crippen molar-refractivity contribution in [1.82, 2.24) is 10.3 Å². The number of thioether (sulfide) groups is 1. The number of allylic oxidation sites excluding steroid dienone is 2. The van der Waals surface area contributed by atoms with E-state index in [1.807, 2.05) is 0 Å². The number of halogens is 2. The van der Waals surface area contributed by atoms with Gasteiger partial charge in [-0.05, 0) is 49.0 Å². The molecule has 5 N–H and O–H groups in total. The van der Waals surface area contributed by atoms with E-state index in [2.05, 4.69) is 10.3 Å². The van der Waals surface area contributed by atoms with Crippen LogP contribution in [0.4, 0.5) is 14.5 Å². The van der Waals surface area contributed by atoms with E-state index in [1.165, 1.54) is 35.1 Å². The Bertz CT molecular complexity index is 1050. The van der Waals surface area contributed by atoms with E-state index in [0.29, 0.717) is 16.4 Å². The number of aromatic nitrogens is 1. The van der Waals surface area contributed by atoms with Gasteiger partial charge in [0.05, 0.1) is 29.6 Å². The molecule has 31 heavy (non-hydrogen) atoms. The Hall–Kier alpha value is -3.40. The highest BCUT2D eigenvalue weighted by molar-refractivity contribution is 8.00. The van der Waals surface area contributed by atoms with Gasteiger partial charge in [-0.25, -0.2) is 13.8 Å². The first-order valence-electron chi connectivity index (χ1n) is 9.32. The number of nitrogens with one attached hydrogen (secondary N) is 1. The molecule has 0 radical (unpaired) electrons. The van der Waals surface area contributed by atoms with Crippen molar-refractivity contribution in [1.29, 1.82) is 0 Å². The number of hydrogen-bond acceptors (Lipinski definition) is 6. The van der Waals surface area contributed by atoms with E-state index in [0.717, 1.165) is 18.2 Å². The van der Waals surface area contributed by atoms with Gasteiger partial charge >= 0.3 is 0 Å². The summed E-state index contributed by atoms with van der Waals surface area (Å²) in [4.78, 5) is 31.0. The highest BCUT2D eigenvalue weighted by atomic mass is 32.2. The van der Waals surface area contributed by atoms with Crippen LogP contribution in [-0.2, 0) is 11.3 Å². The van der Waals surface area contributed by atoms with Crippen molar-refractivity contribution < 1.29 is 18.4 Å². The van der Waals surface area contributed by atoms with Gasteiger partial charge in [-0.2, -0.15) is 0 Å². The van der Waals surface area contributed by atoms with Gasteiger partial charge in [-0.1, -0.05) is 11.8 Å². The molecule has 2 amide bonds. The molecule has 10 heteroatoms. The number of pyridine rings is 1. The molecular formula is C21H21F2N5O2S. The zero-order chi connectivity index (χ0) is 22.5. The summed E-state index contributed by atoms with van der Waals surface area (Å²) in [6.07, 6.45) is 5.82. The topological polar surface area (TPSA) is 114 Å². The van der Waals surface area contributed by atoms with Crippen LogP contribution in [0, 0.1) is 11.6 Å². The number of carbonyl (C=O) groups is 2. The largest absolute Gasteiger partial charge is 0.405 e. The standard InChI is InChI=1S/C21H21F2N5O2S/c1-12-21(30)28(11-13-5-15(22)8-16(23)6-13)18-7-14(9-27-20(18)31-12)19(29)26-10-17(25)3-2-4-24/h2-9,12H,10-11,24-25H2,1H3,(H,26,29)/b4-2-,17-3-. The zero-order valence-electron chi connectivity index (χ0n) is 16.6. The monoisotopic (exact) mass is 445 g/mol. The number of nitrogens with two attached hydrogens (primary N) is 2. The van der Waals surface area contributed by atoms with Gasteiger partial charge < -0.3 is 21.7 Å². The molecule has 1 aliphatic heterocycles. The maximum Gasteiger partial charge on any atom is 0.253 e. The fourth-order valence-electron chi connectivity index (χ4n) is 2.98. The van der Waals surface area contributed by atoms with Crippen LogP contribution in [0.5, 0.6) is 0 Å². The van der Waals surface area contributed by atoms with Gasteiger partial charge in [0.25, 0.3) is 5.91 Å². The van der Waals surface area contributed by atoms with Gasteiger partial charge in [0.15, 0.2) is 0 Å². The second kappa shape index (κ2) is 9.61. The van der Waals surface area contributed by atoms with Gasteiger partial charge in [-0.15, -0.1) is 0 Å². The molecule has 0 saturated heterocycles. The molecule has 7 nitrogen and oxygen atoms in total. The Morgan fingerprint density at radius 1 is 1.29 bits per heavy atom. The molecule has 162 valence electrons. The van der Waals surface area contributed by atoms with Crippen molar-refractivity contribution in [2.24, 2.45) is 11.5 Å². The van der Waals surface area contributed by atoms with Crippen molar-refractivity contribution in [3.05, 3.63) is 77.3 Å². The Kier molecular flexibility index (Phi) is 6.91. The number of fused-ring (bicyclic) bond motifs is 1. The molecule has 1 aromatic heterocycles. The van der Waals surface area contributed by atoms with E-state index < -0.39 is 22.8 Å². The maximum absolute atomic E-state index is 13.6. The van der Waals surface area contributed by atoms with Crippen LogP contribution in [0.3, 0.4) is 0 Å². The first kappa shape index (κ1) is 22.3. The third-order valence-electron chi connectivity index (χ3n) is 4.42. The van der Waals surface area contributed by atoms with E-state index in [1.54, 1.807) is 19.1 Å². The molecule has 0 aliphatic carbocycles. The minimum absolute atomic E-state index is 0.0563. The van der Waals surface area contributed by atoms with Crippen molar-refractivity contribution in [2.75, 3.05) is 11.4 Å². The summed E-state index contributed by atoms with van der Waals surface area (Å²) < 4.78 is 27.2. The minimum atomic E-state index is -0.733. The third kappa shape index (κ3) is 5.40. The Morgan fingerprint density at radius 3 is 2.68 bits per heavy atom. The predicted octanol–water partition coefficient (Wildman–Crippen LogP) is 2.43. The van der Waals surface area contributed by atoms with Crippen LogP contribution in [0.25, 0.3) is 0 Å². The summed E-state index contributed by atoms with van der Waals surface area (Å²) in [5, 5.41) is 2.77. The normalized spacial score (nSPS) is 16.5. The summed E-state index contributed by atoms with van der Waals surface area (Å²) in [5.74, 6) is -2.15. The molecule has 1 aromatic carbocycles. The van der Waals surface area contributed by atoms with Gasteiger partial charge in [0.1, 0.15) is 16.7 Å². The Labute approximate surface area is 182 Å². The molecular weight excluding hydrogens is 424 g/mol. The average molecular weight is 445 g/mol. The number of amides is 2. The molecule has 0 fully saturated rings. The zero-order valence-corrected chi connectivity index (χ0v) is 17.5. The highest BCUT2D eigenvalue weighted by Crippen LogP contribution is 2.38. The lowest BCUT2D eigenvalue weighted by Gasteiger charge is -2.32. The van der Waals surface area contributed by atoms with E-state index in [4.69, 9.17) is 11.5 Å². The molecule has 0 bridgehead atoms. The minimum Gasteiger partial charge on any atom is -0.405 e. The van der Waals surface area contributed by atoms with Crippen molar-refractivity contribution in [3.63, 3.8) is 0 Å². The fraction of sp³-hybridized carbons (Fsp3) is 0.190. The summed E-state index contributed by atoms with van der Waals surface area (Å²) >= 11 is 1.26. The molecule has 1 unspecified atom stereocenters. The second-order valence-electron chi connectivity index (χ2n) is 6.82. The maximum atomic E-state index is 13.6. The molecule has 2 heterocycles. The van der Waals surface area contributed by atoms with Crippen LogP contribution in [0.2, 0.25) is 0 Å². The third-order valence-corrected chi connectivity index (χ3v) is 5.52. The van der Waals surface area contributed by atoms with Crippen LogP contribution < -0.4 is 21.7 Å². The summed E-state index contributed by atoms with van der Waals surface area (Å²) in [6, 6.07) is 4.62. The van der Waals surface area contributed by atoms with Crippen molar-refractivity contribution in [3.8, 4) is 0 Å². The molecule has 3 rings (SSSR count). The second-order valence-corrected chi connectivity index (χ2v) is 8.15. The SMILES string of the molecule is CC1Sc2ncc(C(=O)NC/C(N)=C/C=C\N)cc2N(Cc2cc(F)cc(F)c2)C1=O. The summed E-state index contributed by atoms with van der Waals surface area (Å²) in [5.41, 5.74) is 12.3. The van der Waals surface area contributed by atoms with Gasteiger partial charge in [0, 0.05) is 18.0 Å². The lowest BCUT2D eigenvalue weighted by Crippen LogP contribution is -2.40. The molecule has 1 atom stereocenters. The van der Waals surface area contributed by atoms with E-state index in [9.17, 15) is 18.4 Å². The van der Waals surface area contributed by atoms with E-state index >= 15 is 0 Å². The molecule has 0 spiro atoms. The van der Waals surface area contributed by atoms with Crippen molar-refractivity contribution in [2.45, 2.75) is 23.7 Å². The Morgan fingerprint density at radius 2 is 2.00 bits per heavy atom. The number of carbonyl (C=O) groups excluding carboxylic acids is 2. The number of hydrogen-bond donors (Lipinski definition) is 3. The lowest BCUT2D eigenvalue weighted by molar-refractivity contribution is -0.118. The average Bonchev–Trinajstić information content (AvgIpc) is 2.72. The van der Waals surface area contributed by atoms with Crippen molar-refractivity contribution >= 4 is 29.3 Å². The van der Waals surface area contributed by atoms with Crippen LogP contribution in [0.1, 0.15) is 22.8 Å². The van der Waals surface area contributed by atoms with Crippen LogP contribution in [-0.4, -0.2) is 28.6 Å². The molecule has 2 aromatic rings. The number of benzene rings is 1. The summed E-state index contributed by atoms with van der Waals surface area (Å²) in [7, 11) is 0. The number of anilines is 1. The molecule has 1 aliphatic rings. The smallest absolute Gasteiger partial charge is 0.253 e. The quantitative estimate of drug-likeness (QED) is 0.589. The number of rotatable bonds is 6. The highest BCUT2D eigenvalue weighted by Gasteiger charge is 2.32.